The van der Waals surface area contributed by atoms with Gasteiger partial charge in [-0.3, -0.25) is 9.69 Å². The predicted octanol–water partition coefficient (Wildman–Crippen LogP) is 1.05. The number of benzene rings is 1. The second kappa shape index (κ2) is 6.31. The molecule has 18 heavy (non-hydrogen) atoms. The summed E-state index contributed by atoms with van der Waals surface area (Å²) in [6.45, 7) is 4.44. The van der Waals surface area contributed by atoms with Crippen LogP contribution in [0.5, 0.6) is 0 Å². The van der Waals surface area contributed by atoms with E-state index in [0.29, 0.717) is 0 Å². The minimum atomic E-state index is 0.0529. The first kappa shape index (κ1) is 13.5. The van der Waals surface area contributed by atoms with Crippen LogP contribution in [0, 0.1) is 0 Å². The molecule has 98 valence electrons. The fourth-order valence-electron chi connectivity index (χ4n) is 2.18. The Labute approximate surface area is 116 Å². The summed E-state index contributed by atoms with van der Waals surface area (Å²) in [7, 11) is 0. The molecule has 0 unspecified atom stereocenters. The third-order valence-corrected chi connectivity index (χ3v) is 3.69. The normalized spacial score (nSPS) is 16.9. The van der Waals surface area contributed by atoms with E-state index in [-0.39, 0.29) is 12.5 Å². The van der Waals surface area contributed by atoms with E-state index in [1.54, 1.807) is 0 Å². The van der Waals surface area contributed by atoms with Crippen molar-refractivity contribution in [2.45, 2.75) is 6.54 Å². The van der Waals surface area contributed by atoms with Gasteiger partial charge in [-0.2, -0.15) is 0 Å². The van der Waals surface area contributed by atoms with E-state index >= 15 is 0 Å². The van der Waals surface area contributed by atoms with Crippen LogP contribution < -0.4 is 5.73 Å². The van der Waals surface area contributed by atoms with Crippen molar-refractivity contribution < 1.29 is 4.79 Å². The molecule has 1 heterocycles. The van der Waals surface area contributed by atoms with Crippen molar-refractivity contribution >= 4 is 21.8 Å². The molecule has 0 aliphatic carbocycles. The molecule has 2 rings (SSSR count). The van der Waals surface area contributed by atoms with E-state index in [4.69, 9.17) is 5.73 Å². The highest BCUT2D eigenvalue weighted by atomic mass is 79.9. The quantitative estimate of drug-likeness (QED) is 0.908. The monoisotopic (exact) mass is 311 g/mol. The Bertz CT molecular complexity index is 416. The molecule has 0 saturated carbocycles. The van der Waals surface area contributed by atoms with Crippen molar-refractivity contribution in [1.29, 1.82) is 0 Å². The van der Waals surface area contributed by atoms with Gasteiger partial charge in [0, 0.05) is 37.2 Å². The molecular weight excluding hydrogens is 294 g/mol. The summed E-state index contributed by atoms with van der Waals surface area (Å²) in [4.78, 5) is 15.7. The Kier molecular flexibility index (Phi) is 4.74. The van der Waals surface area contributed by atoms with Gasteiger partial charge >= 0.3 is 0 Å². The van der Waals surface area contributed by atoms with Gasteiger partial charge < -0.3 is 10.6 Å². The molecule has 0 aromatic heterocycles. The van der Waals surface area contributed by atoms with Gasteiger partial charge in [0.1, 0.15) is 0 Å². The summed E-state index contributed by atoms with van der Waals surface area (Å²) in [6.07, 6.45) is 0. The summed E-state index contributed by atoms with van der Waals surface area (Å²) >= 11 is 3.48. The maximum Gasteiger partial charge on any atom is 0.236 e. The summed E-state index contributed by atoms with van der Waals surface area (Å²) in [5.74, 6) is 0.0529. The first-order valence-corrected chi connectivity index (χ1v) is 6.93. The Morgan fingerprint density at radius 3 is 2.61 bits per heavy atom. The van der Waals surface area contributed by atoms with Gasteiger partial charge in [0.05, 0.1) is 6.54 Å². The Morgan fingerprint density at radius 1 is 1.28 bits per heavy atom. The zero-order chi connectivity index (χ0) is 13.0. The second-order valence-electron chi connectivity index (χ2n) is 4.49. The van der Waals surface area contributed by atoms with Crippen LogP contribution >= 0.6 is 15.9 Å². The van der Waals surface area contributed by atoms with Crippen molar-refractivity contribution in [2.24, 2.45) is 5.73 Å². The van der Waals surface area contributed by atoms with E-state index < -0.39 is 0 Å². The van der Waals surface area contributed by atoms with E-state index in [1.165, 1.54) is 5.56 Å². The number of halogens is 1. The zero-order valence-electron chi connectivity index (χ0n) is 10.3. The third kappa shape index (κ3) is 3.54. The van der Waals surface area contributed by atoms with Crippen LogP contribution in [0.4, 0.5) is 0 Å². The van der Waals surface area contributed by atoms with Crippen molar-refractivity contribution in [2.75, 3.05) is 32.7 Å². The number of piperazine rings is 1. The number of carbonyl (C=O) groups excluding carboxylic acids is 1. The molecule has 0 spiro atoms. The number of hydrogen-bond donors (Lipinski definition) is 1. The largest absolute Gasteiger partial charge is 0.339 e. The standard InChI is InChI=1S/C13H18BrN3O/c14-12-3-1-2-11(8-12)10-16-4-6-17(7-5-16)13(18)9-15/h1-3,8H,4-7,9-10,15H2. The predicted molar refractivity (Wildman–Crippen MR) is 75.1 cm³/mol. The first-order chi connectivity index (χ1) is 8.69. The van der Waals surface area contributed by atoms with E-state index in [0.717, 1.165) is 37.2 Å². The molecule has 0 bridgehead atoms. The lowest BCUT2D eigenvalue weighted by molar-refractivity contribution is -0.131. The molecule has 1 amide bonds. The van der Waals surface area contributed by atoms with Gasteiger partial charge in [-0.15, -0.1) is 0 Å². The zero-order valence-corrected chi connectivity index (χ0v) is 11.9. The highest BCUT2D eigenvalue weighted by Crippen LogP contribution is 2.14. The summed E-state index contributed by atoms with van der Waals surface area (Å²) in [5, 5.41) is 0. The smallest absolute Gasteiger partial charge is 0.236 e. The summed E-state index contributed by atoms with van der Waals surface area (Å²) < 4.78 is 1.11. The van der Waals surface area contributed by atoms with Crippen molar-refractivity contribution in [3.8, 4) is 0 Å². The highest BCUT2D eigenvalue weighted by molar-refractivity contribution is 9.10. The summed E-state index contributed by atoms with van der Waals surface area (Å²) in [5.41, 5.74) is 6.66. The molecule has 1 aliphatic rings. The molecule has 1 aromatic rings. The fourth-order valence-corrected chi connectivity index (χ4v) is 2.62. The minimum Gasteiger partial charge on any atom is -0.339 e. The maximum atomic E-state index is 11.5. The lowest BCUT2D eigenvalue weighted by atomic mass is 10.2. The molecular formula is C13H18BrN3O. The summed E-state index contributed by atoms with van der Waals surface area (Å²) in [6, 6.07) is 8.34. The van der Waals surface area contributed by atoms with Crippen LogP contribution in [0.25, 0.3) is 0 Å². The molecule has 4 nitrogen and oxygen atoms in total. The van der Waals surface area contributed by atoms with Gasteiger partial charge in [-0.25, -0.2) is 0 Å². The number of rotatable bonds is 3. The van der Waals surface area contributed by atoms with E-state index in [1.807, 2.05) is 17.0 Å². The Morgan fingerprint density at radius 2 is 2.00 bits per heavy atom. The number of amides is 1. The van der Waals surface area contributed by atoms with Crippen LogP contribution in [0.2, 0.25) is 0 Å². The number of nitrogens with two attached hydrogens (primary N) is 1. The van der Waals surface area contributed by atoms with Gasteiger partial charge in [0.2, 0.25) is 5.91 Å². The third-order valence-electron chi connectivity index (χ3n) is 3.19. The van der Waals surface area contributed by atoms with Crippen LogP contribution in [-0.4, -0.2) is 48.4 Å². The molecule has 1 aliphatic heterocycles. The number of nitrogens with zero attached hydrogens (tertiary/aromatic N) is 2. The molecule has 1 saturated heterocycles. The molecule has 5 heteroatoms. The van der Waals surface area contributed by atoms with Gasteiger partial charge in [-0.05, 0) is 17.7 Å². The Balaban J connectivity index is 1.85. The second-order valence-corrected chi connectivity index (χ2v) is 5.41. The SMILES string of the molecule is NCC(=O)N1CCN(Cc2cccc(Br)c2)CC1. The maximum absolute atomic E-state index is 11.5. The number of hydrogen-bond acceptors (Lipinski definition) is 3. The van der Waals surface area contributed by atoms with Gasteiger partial charge in [0.15, 0.2) is 0 Å². The van der Waals surface area contributed by atoms with E-state index in [2.05, 4.69) is 33.0 Å². The van der Waals surface area contributed by atoms with Crippen molar-refractivity contribution in [3.05, 3.63) is 34.3 Å². The molecule has 2 N–H and O–H groups in total. The minimum absolute atomic E-state index is 0.0529. The lowest BCUT2D eigenvalue weighted by Crippen LogP contribution is -2.49. The topological polar surface area (TPSA) is 49.6 Å². The molecule has 0 radical (unpaired) electrons. The van der Waals surface area contributed by atoms with Crippen LogP contribution in [0.1, 0.15) is 5.56 Å². The van der Waals surface area contributed by atoms with Crippen molar-refractivity contribution in [1.82, 2.24) is 9.80 Å². The van der Waals surface area contributed by atoms with E-state index in [9.17, 15) is 4.79 Å². The average molecular weight is 312 g/mol. The van der Waals surface area contributed by atoms with Crippen molar-refractivity contribution in [3.63, 3.8) is 0 Å². The lowest BCUT2D eigenvalue weighted by Gasteiger charge is -2.34. The van der Waals surface area contributed by atoms with Gasteiger partial charge in [-0.1, -0.05) is 28.1 Å². The molecule has 1 fully saturated rings. The number of carbonyl (C=O) groups is 1. The van der Waals surface area contributed by atoms with Crippen LogP contribution in [-0.2, 0) is 11.3 Å². The highest BCUT2D eigenvalue weighted by Gasteiger charge is 2.19. The first-order valence-electron chi connectivity index (χ1n) is 6.13. The average Bonchev–Trinajstić information content (AvgIpc) is 2.39. The fraction of sp³-hybridized carbons (Fsp3) is 0.462. The molecule has 0 atom stereocenters. The van der Waals surface area contributed by atoms with Crippen LogP contribution in [0.15, 0.2) is 28.7 Å². The Hall–Kier alpha value is -0.910. The molecule has 1 aromatic carbocycles. The van der Waals surface area contributed by atoms with Crippen LogP contribution in [0.3, 0.4) is 0 Å². The van der Waals surface area contributed by atoms with Gasteiger partial charge in [0.25, 0.3) is 0 Å².